The smallest absolute Gasteiger partial charge is 0.336 e. The Kier molecular flexibility index (Phi) is 3.95. The predicted octanol–water partition coefficient (Wildman–Crippen LogP) is 3.67. The predicted molar refractivity (Wildman–Crippen MR) is 101 cm³/mol. The molecule has 4 rings (SSSR count). The third-order valence-electron chi connectivity index (χ3n) is 7.13. The molecule has 3 fully saturated rings. The lowest BCUT2D eigenvalue weighted by atomic mass is 9.69. The van der Waals surface area contributed by atoms with Crippen LogP contribution in [0.4, 0.5) is 0 Å². The van der Waals surface area contributed by atoms with E-state index in [0.717, 1.165) is 29.3 Å². The first-order chi connectivity index (χ1) is 12.4. The number of carboxylic acids is 1. The molecule has 9 heteroatoms. The number of carboxylic acid groups (broad SMARTS) is 1. The highest BCUT2D eigenvalue weighted by molar-refractivity contribution is 7.90. The molecule has 146 valence electrons. The van der Waals surface area contributed by atoms with E-state index >= 15 is 0 Å². The molecule has 2 aliphatic carbocycles. The summed E-state index contributed by atoms with van der Waals surface area (Å²) in [7, 11) is -3.86. The summed E-state index contributed by atoms with van der Waals surface area (Å²) < 4.78 is 26.9. The van der Waals surface area contributed by atoms with Crippen LogP contribution >= 0.6 is 23.2 Å². The topological polar surface area (TPSA) is 91.8 Å². The van der Waals surface area contributed by atoms with Gasteiger partial charge < -0.3 is 5.11 Å². The first-order valence-electron chi connectivity index (χ1n) is 8.71. The number of sulfonamides is 1. The molecule has 0 unspecified atom stereocenters. The van der Waals surface area contributed by atoms with Crippen LogP contribution in [0, 0.1) is 16.7 Å². The number of carbonyl (C=O) groups excluding carboxylic acids is 1. The SMILES string of the molecule is CC1(C)[C@@H]2CC[C@@]13CS(=O)(=O)N(C(=O)c1cc(Cl)c(Cl)cc1C(=O)O)[C@H]3C2. The first-order valence-corrected chi connectivity index (χ1v) is 11.1. The van der Waals surface area contributed by atoms with Crippen LogP contribution in [0.5, 0.6) is 0 Å². The summed E-state index contributed by atoms with van der Waals surface area (Å²) in [5.74, 6) is -1.93. The first kappa shape index (κ1) is 19.0. The molecule has 2 saturated carbocycles. The minimum atomic E-state index is -3.86. The number of fused-ring (bicyclic) bond motifs is 1. The molecular weight excluding hydrogens is 413 g/mol. The van der Waals surface area contributed by atoms with E-state index in [1.165, 1.54) is 0 Å². The summed E-state index contributed by atoms with van der Waals surface area (Å²) in [4.78, 5) is 24.9. The van der Waals surface area contributed by atoms with Crippen molar-refractivity contribution in [2.75, 3.05) is 5.75 Å². The van der Waals surface area contributed by atoms with E-state index in [0.29, 0.717) is 12.3 Å². The Hall–Kier alpha value is -1.31. The second-order valence-corrected chi connectivity index (χ2v) is 11.0. The maximum Gasteiger partial charge on any atom is 0.336 e. The molecule has 1 aromatic carbocycles. The van der Waals surface area contributed by atoms with Crippen LogP contribution in [0.15, 0.2) is 12.1 Å². The van der Waals surface area contributed by atoms with E-state index in [1.54, 1.807) is 0 Å². The summed E-state index contributed by atoms with van der Waals surface area (Å²) in [5, 5.41) is 9.45. The number of nitrogens with zero attached hydrogens (tertiary/aromatic N) is 1. The van der Waals surface area contributed by atoms with Gasteiger partial charge in [0.05, 0.1) is 33.0 Å². The van der Waals surface area contributed by atoms with E-state index in [9.17, 15) is 23.1 Å². The van der Waals surface area contributed by atoms with Gasteiger partial charge in [0.15, 0.2) is 0 Å². The Morgan fingerprint density at radius 2 is 1.78 bits per heavy atom. The fraction of sp³-hybridized carbons (Fsp3) is 0.556. The van der Waals surface area contributed by atoms with Crippen LogP contribution in [0.3, 0.4) is 0 Å². The van der Waals surface area contributed by atoms with Gasteiger partial charge in [0.1, 0.15) is 0 Å². The van der Waals surface area contributed by atoms with Gasteiger partial charge in [-0.25, -0.2) is 17.5 Å². The maximum absolute atomic E-state index is 13.3. The molecule has 3 aliphatic rings. The molecule has 1 heterocycles. The van der Waals surface area contributed by atoms with Gasteiger partial charge in [-0.2, -0.15) is 0 Å². The van der Waals surface area contributed by atoms with Crippen LogP contribution in [-0.2, 0) is 10.0 Å². The second kappa shape index (κ2) is 5.61. The van der Waals surface area contributed by atoms with E-state index in [-0.39, 0.29) is 32.3 Å². The summed E-state index contributed by atoms with van der Waals surface area (Å²) in [6.45, 7) is 4.16. The number of halogens is 2. The van der Waals surface area contributed by atoms with E-state index in [4.69, 9.17) is 23.2 Å². The van der Waals surface area contributed by atoms with Crippen LogP contribution in [0.1, 0.15) is 53.8 Å². The summed E-state index contributed by atoms with van der Waals surface area (Å²) in [6.07, 6.45) is 2.32. The number of hydrogen-bond donors (Lipinski definition) is 1. The fourth-order valence-electron chi connectivity index (χ4n) is 5.58. The van der Waals surface area contributed by atoms with Crippen LogP contribution < -0.4 is 0 Å². The minimum absolute atomic E-state index is 0.00426. The van der Waals surface area contributed by atoms with Gasteiger partial charge in [-0.15, -0.1) is 0 Å². The molecule has 1 amide bonds. The van der Waals surface area contributed by atoms with E-state index in [1.807, 2.05) is 0 Å². The standard InChI is InChI=1S/C18H19Cl2NO5S/c1-17(2)9-3-4-18(17)8-27(25,26)21(14(18)5-9)15(22)10-6-12(19)13(20)7-11(10)16(23)24/h6-7,9,14H,3-5,8H2,1-2H3,(H,23,24)/t9-,14+,18+/m1/s1. The minimum Gasteiger partial charge on any atom is -0.478 e. The molecule has 1 aliphatic heterocycles. The molecule has 1 spiro atoms. The van der Waals surface area contributed by atoms with Gasteiger partial charge in [0, 0.05) is 5.41 Å². The zero-order chi connectivity index (χ0) is 19.9. The highest BCUT2D eigenvalue weighted by Crippen LogP contribution is 2.70. The molecule has 6 nitrogen and oxygen atoms in total. The lowest BCUT2D eigenvalue weighted by Gasteiger charge is -2.37. The lowest BCUT2D eigenvalue weighted by Crippen LogP contribution is -2.44. The average Bonchev–Trinajstić information content (AvgIpc) is 3.03. The number of benzene rings is 1. The molecule has 1 N–H and O–H groups in total. The Labute approximate surface area is 167 Å². The average molecular weight is 432 g/mol. The molecule has 0 radical (unpaired) electrons. The van der Waals surface area contributed by atoms with Crippen LogP contribution in [-0.4, -0.2) is 41.5 Å². The second-order valence-electron chi connectivity index (χ2n) is 8.34. The van der Waals surface area contributed by atoms with Gasteiger partial charge in [-0.05, 0) is 42.7 Å². The number of amides is 1. The number of hydrogen-bond acceptors (Lipinski definition) is 4. The van der Waals surface area contributed by atoms with Crippen molar-refractivity contribution < 1.29 is 23.1 Å². The molecule has 2 bridgehead atoms. The molecule has 1 aromatic rings. The molecule has 3 atom stereocenters. The van der Waals surface area contributed by atoms with Crippen molar-refractivity contribution in [2.45, 2.75) is 39.2 Å². The van der Waals surface area contributed by atoms with Gasteiger partial charge in [-0.1, -0.05) is 37.0 Å². The maximum atomic E-state index is 13.3. The molecule has 0 aromatic heterocycles. The Bertz CT molecular complexity index is 990. The van der Waals surface area contributed by atoms with E-state index in [2.05, 4.69) is 13.8 Å². The lowest BCUT2D eigenvalue weighted by molar-refractivity contribution is 0.0658. The van der Waals surface area contributed by atoms with Crippen molar-refractivity contribution in [3.05, 3.63) is 33.3 Å². The number of aromatic carboxylic acids is 1. The number of carbonyl (C=O) groups is 2. The Balaban J connectivity index is 1.84. The van der Waals surface area contributed by atoms with E-state index < -0.39 is 33.4 Å². The summed E-state index contributed by atoms with van der Waals surface area (Å²) in [5.41, 5.74) is -1.27. The summed E-state index contributed by atoms with van der Waals surface area (Å²) >= 11 is 11.9. The molecule has 1 saturated heterocycles. The third kappa shape index (κ3) is 2.34. The van der Waals surface area contributed by atoms with Gasteiger partial charge in [0.2, 0.25) is 10.0 Å². The normalized spacial score (nSPS) is 32.5. The third-order valence-corrected chi connectivity index (χ3v) is 9.75. The van der Waals surface area contributed by atoms with Gasteiger partial charge >= 0.3 is 5.97 Å². The van der Waals surface area contributed by atoms with Crippen molar-refractivity contribution in [3.8, 4) is 0 Å². The zero-order valence-corrected chi connectivity index (χ0v) is 17.2. The van der Waals surface area contributed by atoms with Crippen molar-refractivity contribution in [2.24, 2.45) is 16.7 Å². The zero-order valence-electron chi connectivity index (χ0n) is 14.8. The summed E-state index contributed by atoms with van der Waals surface area (Å²) in [6, 6.07) is 1.79. The fourth-order valence-corrected chi connectivity index (χ4v) is 8.43. The van der Waals surface area contributed by atoms with Crippen molar-refractivity contribution >= 4 is 45.1 Å². The van der Waals surface area contributed by atoms with Crippen molar-refractivity contribution in [3.63, 3.8) is 0 Å². The van der Waals surface area contributed by atoms with Crippen molar-refractivity contribution in [1.82, 2.24) is 4.31 Å². The highest BCUT2D eigenvalue weighted by atomic mass is 35.5. The highest BCUT2D eigenvalue weighted by Gasteiger charge is 2.72. The largest absolute Gasteiger partial charge is 0.478 e. The van der Waals surface area contributed by atoms with Crippen LogP contribution in [0.25, 0.3) is 0 Å². The van der Waals surface area contributed by atoms with Crippen LogP contribution in [0.2, 0.25) is 10.0 Å². The quantitative estimate of drug-likeness (QED) is 0.770. The Morgan fingerprint density at radius 1 is 1.19 bits per heavy atom. The Morgan fingerprint density at radius 3 is 2.33 bits per heavy atom. The molecule has 27 heavy (non-hydrogen) atoms. The molecular formula is C18H19Cl2NO5S. The monoisotopic (exact) mass is 431 g/mol. The van der Waals surface area contributed by atoms with Crippen molar-refractivity contribution in [1.29, 1.82) is 0 Å². The number of rotatable bonds is 2. The van der Waals surface area contributed by atoms with Gasteiger partial charge in [0.25, 0.3) is 5.91 Å². The van der Waals surface area contributed by atoms with Gasteiger partial charge in [-0.3, -0.25) is 4.79 Å².